The molecule has 56 valence electrons. The number of aliphatic carboxylic acids is 1. The van der Waals surface area contributed by atoms with Crippen molar-refractivity contribution >= 4 is 5.97 Å². The minimum Gasteiger partial charge on any atom is -0.480 e. The second-order valence-electron chi connectivity index (χ2n) is 1.59. The summed E-state index contributed by atoms with van der Waals surface area (Å²) >= 11 is 0. The molecule has 0 saturated carbocycles. The average molecular weight is 133 g/mol. The third kappa shape index (κ3) is 3.97. The van der Waals surface area contributed by atoms with Gasteiger partial charge in [-0.05, 0) is 13.5 Å². The fourth-order valence-corrected chi connectivity index (χ4v) is 0.502. The first-order valence-electron chi connectivity index (χ1n) is 2.62. The van der Waals surface area contributed by atoms with E-state index in [4.69, 9.17) is 5.11 Å². The van der Waals surface area contributed by atoms with Crippen LogP contribution in [0.25, 0.3) is 0 Å². The highest BCUT2D eigenvalue weighted by molar-refractivity contribution is 5.73. The molecule has 0 saturated heterocycles. The normalized spacial score (nSPS) is 11.8. The highest BCUT2D eigenvalue weighted by Gasteiger charge is 2.09. The predicted octanol–water partition coefficient (Wildman–Crippen LogP) is 0.705. The van der Waals surface area contributed by atoms with Crippen LogP contribution in [-0.2, 0) is 4.79 Å². The van der Waals surface area contributed by atoms with Crippen LogP contribution in [0.2, 0.25) is 0 Å². The Balaban J connectivity index is 0. The highest BCUT2D eigenvalue weighted by Crippen LogP contribution is 1.86. The summed E-state index contributed by atoms with van der Waals surface area (Å²) < 4.78 is 0. The zero-order chi connectivity index (χ0) is 6.57. The van der Waals surface area contributed by atoms with Gasteiger partial charge in [0, 0.05) is 0 Å². The molecule has 0 heterocycles. The van der Waals surface area contributed by atoms with Gasteiger partial charge < -0.3 is 10.4 Å². The largest absolute Gasteiger partial charge is 0.480 e. The second-order valence-corrected chi connectivity index (χ2v) is 1.59. The van der Waals surface area contributed by atoms with Gasteiger partial charge in [0.15, 0.2) is 0 Å². The molecule has 2 N–H and O–H groups in total. The van der Waals surface area contributed by atoms with E-state index in [0.717, 1.165) is 0 Å². The van der Waals surface area contributed by atoms with Crippen LogP contribution in [0.15, 0.2) is 0 Å². The molecule has 0 aliphatic carbocycles. The molecule has 0 rings (SSSR count). The maximum atomic E-state index is 10.1. The number of carboxylic acids is 1. The summed E-state index contributed by atoms with van der Waals surface area (Å²) in [6.07, 6.45) is 0.631. The number of carbonyl (C=O) groups is 1. The van der Waals surface area contributed by atoms with Crippen LogP contribution in [0.3, 0.4) is 0 Å². The van der Waals surface area contributed by atoms with E-state index in [1.165, 1.54) is 0 Å². The van der Waals surface area contributed by atoms with Gasteiger partial charge in [0.2, 0.25) is 0 Å². The number of hydrogen-bond acceptors (Lipinski definition) is 2. The van der Waals surface area contributed by atoms with E-state index >= 15 is 0 Å². The van der Waals surface area contributed by atoms with Crippen molar-refractivity contribution in [1.29, 1.82) is 0 Å². The van der Waals surface area contributed by atoms with Gasteiger partial charge in [0.1, 0.15) is 6.04 Å². The molecule has 9 heavy (non-hydrogen) atoms. The molecular formula is C6H15NO2. The Morgan fingerprint density at radius 1 is 1.78 bits per heavy atom. The van der Waals surface area contributed by atoms with Crippen LogP contribution in [-0.4, -0.2) is 24.2 Å². The van der Waals surface area contributed by atoms with Crippen LogP contribution in [0, 0.1) is 0 Å². The van der Waals surface area contributed by atoms with Crippen molar-refractivity contribution in [2.75, 3.05) is 7.05 Å². The van der Waals surface area contributed by atoms with E-state index in [9.17, 15) is 4.79 Å². The van der Waals surface area contributed by atoms with Crippen molar-refractivity contribution in [2.24, 2.45) is 0 Å². The van der Waals surface area contributed by atoms with Crippen molar-refractivity contribution < 1.29 is 9.90 Å². The Hall–Kier alpha value is -0.570. The Morgan fingerprint density at radius 3 is 2.22 bits per heavy atom. The SMILES string of the molecule is C.CCC(NC)C(=O)O. The lowest BCUT2D eigenvalue weighted by Gasteiger charge is -2.05. The van der Waals surface area contributed by atoms with Gasteiger partial charge in [-0.2, -0.15) is 0 Å². The smallest absolute Gasteiger partial charge is 0.320 e. The molecule has 0 aliphatic rings. The molecule has 0 fully saturated rings. The standard InChI is InChI=1S/C5H11NO2.CH4/c1-3-4(6-2)5(7)8;/h4,6H,3H2,1-2H3,(H,7,8);1H4. The highest BCUT2D eigenvalue weighted by atomic mass is 16.4. The van der Waals surface area contributed by atoms with Gasteiger partial charge in [-0.1, -0.05) is 14.4 Å². The van der Waals surface area contributed by atoms with E-state index < -0.39 is 5.97 Å². The van der Waals surface area contributed by atoms with Crippen LogP contribution in [0.5, 0.6) is 0 Å². The lowest BCUT2D eigenvalue weighted by Crippen LogP contribution is -2.32. The van der Waals surface area contributed by atoms with E-state index in [1.54, 1.807) is 7.05 Å². The first-order chi connectivity index (χ1) is 3.72. The zero-order valence-electron chi connectivity index (χ0n) is 5.14. The van der Waals surface area contributed by atoms with E-state index in [2.05, 4.69) is 5.32 Å². The average Bonchev–Trinajstić information content (AvgIpc) is 1.69. The third-order valence-corrected chi connectivity index (χ3v) is 1.05. The van der Waals surface area contributed by atoms with Gasteiger partial charge in [0.25, 0.3) is 0 Å². The van der Waals surface area contributed by atoms with Crippen molar-refractivity contribution in [2.45, 2.75) is 26.8 Å². The van der Waals surface area contributed by atoms with Gasteiger partial charge in [0.05, 0.1) is 0 Å². The number of rotatable bonds is 3. The number of nitrogens with one attached hydrogen (secondary N) is 1. The van der Waals surface area contributed by atoms with Gasteiger partial charge in [-0.25, -0.2) is 0 Å². The predicted molar refractivity (Wildman–Crippen MR) is 37.5 cm³/mol. The summed E-state index contributed by atoms with van der Waals surface area (Å²) in [5.41, 5.74) is 0. The number of hydrogen-bond donors (Lipinski definition) is 2. The molecule has 3 heteroatoms. The molecule has 0 aliphatic heterocycles. The molecule has 0 aromatic heterocycles. The van der Waals surface area contributed by atoms with Crippen LogP contribution < -0.4 is 5.32 Å². The van der Waals surface area contributed by atoms with Crippen molar-refractivity contribution in [3.63, 3.8) is 0 Å². The summed E-state index contributed by atoms with van der Waals surface area (Å²) in [6.45, 7) is 1.83. The minimum absolute atomic E-state index is 0. The third-order valence-electron chi connectivity index (χ3n) is 1.05. The molecule has 0 aromatic rings. The summed E-state index contributed by atoms with van der Waals surface area (Å²) in [5.74, 6) is -0.782. The molecule has 0 radical (unpaired) electrons. The van der Waals surface area contributed by atoms with Crippen molar-refractivity contribution in [3.8, 4) is 0 Å². The Morgan fingerprint density at radius 2 is 2.22 bits per heavy atom. The molecule has 0 aromatic carbocycles. The van der Waals surface area contributed by atoms with E-state index in [1.807, 2.05) is 6.92 Å². The maximum absolute atomic E-state index is 10.1. The quantitative estimate of drug-likeness (QED) is 0.596. The van der Waals surface area contributed by atoms with Crippen LogP contribution in [0.4, 0.5) is 0 Å². The maximum Gasteiger partial charge on any atom is 0.320 e. The zero-order valence-corrected chi connectivity index (χ0v) is 5.14. The van der Waals surface area contributed by atoms with E-state index in [0.29, 0.717) is 6.42 Å². The summed E-state index contributed by atoms with van der Waals surface area (Å²) in [7, 11) is 1.64. The van der Waals surface area contributed by atoms with Gasteiger partial charge >= 0.3 is 5.97 Å². The molecular weight excluding hydrogens is 118 g/mol. The number of likely N-dealkylation sites (N-methyl/N-ethyl adjacent to an activating group) is 1. The lowest BCUT2D eigenvalue weighted by atomic mass is 10.2. The fourth-order valence-electron chi connectivity index (χ4n) is 0.502. The first-order valence-corrected chi connectivity index (χ1v) is 2.62. The Labute approximate surface area is 56.1 Å². The molecule has 3 nitrogen and oxygen atoms in total. The Kier molecular flexibility index (Phi) is 6.96. The summed E-state index contributed by atoms with van der Waals surface area (Å²) in [5, 5.41) is 11.0. The second kappa shape index (κ2) is 5.56. The van der Waals surface area contributed by atoms with Gasteiger partial charge in [-0.15, -0.1) is 0 Å². The van der Waals surface area contributed by atoms with Crippen LogP contribution in [0.1, 0.15) is 20.8 Å². The Bertz CT molecular complexity index is 79.1. The first kappa shape index (κ1) is 11.3. The topological polar surface area (TPSA) is 49.3 Å². The fraction of sp³-hybridized carbons (Fsp3) is 0.833. The van der Waals surface area contributed by atoms with Crippen molar-refractivity contribution in [1.82, 2.24) is 5.32 Å². The molecule has 0 spiro atoms. The van der Waals surface area contributed by atoms with Gasteiger partial charge in [-0.3, -0.25) is 4.79 Å². The van der Waals surface area contributed by atoms with E-state index in [-0.39, 0.29) is 13.5 Å². The molecule has 1 unspecified atom stereocenters. The molecule has 0 bridgehead atoms. The van der Waals surface area contributed by atoms with Crippen LogP contribution >= 0.6 is 0 Å². The minimum atomic E-state index is -0.782. The molecule has 0 amide bonds. The summed E-state index contributed by atoms with van der Waals surface area (Å²) in [6, 6.07) is -0.380. The van der Waals surface area contributed by atoms with Crippen molar-refractivity contribution in [3.05, 3.63) is 0 Å². The number of carboxylic acid groups (broad SMARTS) is 1. The monoisotopic (exact) mass is 133 g/mol. The molecule has 1 atom stereocenters. The summed E-state index contributed by atoms with van der Waals surface area (Å²) in [4.78, 5) is 10.1. The lowest BCUT2D eigenvalue weighted by molar-refractivity contribution is -0.139.